The van der Waals surface area contributed by atoms with E-state index in [0.717, 1.165) is 13.0 Å². The van der Waals surface area contributed by atoms with Crippen molar-refractivity contribution in [3.63, 3.8) is 0 Å². The van der Waals surface area contributed by atoms with Gasteiger partial charge < -0.3 is 19.7 Å². The van der Waals surface area contributed by atoms with Crippen LogP contribution in [0.1, 0.15) is 13.3 Å². The fourth-order valence-corrected chi connectivity index (χ4v) is 1.33. The van der Waals surface area contributed by atoms with Crippen LogP contribution in [-0.2, 0) is 0 Å². The van der Waals surface area contributed by atoms with E-state index in [1.54, 1.807) is 0 Å². The van der Waals surface area contributed by atoms with Crippen molar-refractivity contribution >= 4 is 5.95 Å². The first kappa shape index (κ1) is 14.4. The van der Waals surface area contributed by atoms with Crippen LogP contribution in [0, 0.1) is 0 Å². The molecule has 0 aliphatic carbocycles. The van der Waals surface area contributed by atoms with Crippen molar-refractivity contribution in [2.75, 3.05) is 40.2 Å². The standard InChI is InChI=1S/C11H21N5O2/c1-8(6-7-16(2)3)12-9-13-10(17-4)15-11(14-9)18-5/h8H,6-7H2,1-5H3,(H,12,13,14,15). The van der Waals surface area contributed by atoms with Crippen LogP contribution in [-0.4, -0.2) is 60.8 Å². The van der Waals surface area contributed by atoms with Crippen LogP contribution < -0.4 is 14.8 Å². The Morgan fingerprint density at radius 2 is 1.67 bits per heavy atom. The van der Waals surface area contributed by atoms with Crippen molar-refractivity contribution in [2.45, 2.75) is 19.4 Å². The second kappa shape index (κ2) is 6.95. The summed E-state index contributed by atoms with van der Waals surface area (Å²) in [6, 6.07) is 0.734. The van der Waals surface area contributed by atoms with E-state index in [1.807, 2.05) is 14.1 Å². The molecule has 0 bridgehead atoms. The van der Waals surface area contributed by atoms with Crippen LogP contribution in [0.3, 0.4) is 0 Å². The Morgan fingerprint density at radius 1 is 1.11 bits per heavy atom. The molecule has 0 saturated heterocycles. The average Bonchev–Trinajstić information content (AvgIpc) is 2.35. The minimum atomic E-state index is 0.240. The lowest BCUT2D eigenvalue weighted by atomic mass is 10.2. The zero-order valence-corrected chi connectivity index (χ0v) is 11.6. The number of aromatic nitrogens is 3. The second-order valence-electron chi connectivity index (χ2n) is 4.27. The summed E-state index contributed by atoms with van der Waals surface area (Å²) in [5, 5.41) is 3.20. The van der Waals surface area contributed by atoms with Crippen molar-refractivity contribution in [3.8, 4) is 12.0 Å². The molecule has 0 aliphatic rings. The molecule has 102 valence electrons. The maximum absolute atomic E-state index is 4.99. The summed E-state index contributed by atoms with van der Waals surface area (Å²) in [6.07, 6.45) is 0.989. The van der Waals surface area contributed by atoms with Gasteiger partial charge in [-0.3, -0.25) is 0 Å². The van der Waals surface area contributed by atoms with Crippen molar-refractivity contribution in [1.29, 1.82) is 0 Å². The molecule has 0 aromatic carbocycles. The molecule has 7 heteroatoms. The van der Waals surface area contributed by atoms with Crippen LogP contribution in [0.5, 0.6) is 12.0 Å². The van der Waals surface area contributed by atoms with E-state index in [0.29, 0.717) is 5.95 Å². The third kappa shape index (κ3) is 4.70. The Bertz CT molecular complexity index is 350. The molecule has 1 aromatic heterocycles. The highest BCUT2D eigenvalue weighted by atomic mass is 16.5. The smallest absolute Gasteiger partial charge is 0.324 e. The van der Waals surface area contributed by atoms with Crippen LogP contribution in [0.25, 0.3) is 0 Å². The van der Waals surface area contributed by atoms with Crippen molar-refractivity contribution < 1.29 is 9.47 Å². The highest BCUT2D eigenvalue weighted by molar-refractivity contribution is 5.28. The van der Waals surface area contributed by atoms with Crippen LogP contribution >= 0.6 is 0 Å². The molecule has 1 aromatic rings. The summed E-state index contributed by atoms with van der Waals surface area (Å²) in [5.74, 6) is 0.463. The van der Waals surface area contributed by atoms with E-state index in [9.17, 15) is 0 Å². The van der Waals surface area contributed by atoms with E-state index in [2.05, 4.69) is 32.1 Å². The number of hydrogen-bond donors (Lipinski definition) is 1. The molecule has 0 spiro atoms. The van der Waals surface area contributed by atoms with Gasteiger partial charge >= 0.3 is 12.0 Å². The van der Waals surface area contributed by atoms with Crippen LogP contribution in [0.4, 0.5) is 5.95 Å². The first-order valence-corrected chi connectivity index (χ1v) is 5.80. The van der Waals surface area contributed by atoms with E-state index < -0.39 is 0 Å². The van der Waals surface area contributed by atoms with E-state index in [-0.39, 0.29) is 18.1 Å². The molecule has 1 unspecified atom stereocenters. The third-order valence-electron chi connectivity index (χ3n) is 2.34. The molecule has 0 amide bonds. The SMILES string of the molecule is COc1nc(NC(C)CCN(C)C)nc(OC)n1. The predicted octanol–water partition coefficient (Wildman–Crippen LogP) is 0.641. The van der Waals surface area contributed by atoms with Crippen molar-refractivity contribution in [1.82, 2.24) is 19.9 Å². The fourth-order valence-electron chi connectivity index (χ4n) is 1.33. The Hall–Kier alpha value is -1.63. The van der Waals surface area contributed by atoms with Gasteiger partial charge in [0.15, 0.2) is 0 Å². The molecule has 1 atom stereocenters. The molecule has 0 aliphatic heterocycles. The molecule has 1 N–H and O–H groups in total. The summed E-state index contributed by atoms with van der Waals surface area (Å²) in [7, 11) is 7.10. The molecule has 0 radical (unpaired) electrons. The normalized spacial score (nSPS) is 12.3. The Labute approximate surface area is 108 Å². The highest BCUT2D eigenvalue weighted by Gasteiger charge is 2.09. The lowest BCUT2D eigenvalue weighted by Crippen LogP contribution is -2.24. The minimum absolute atomic E-state index is 0.240. The topological polar surface area (TPSA) is 72.4 Å². The molecular formula is C11H21N5O2. The van der Waals surface area contributed by atoms with Gasteiger partial charge in [-0.25, -0.2) is 0 Å². The lowest BCUT2D eigenvalue weighted by molar-refractivity contribution is 0.340. The maximum Gasteiger partial charge on any atom is 0.324 e. The zero-order chi connectivity index (χ0) is 13.5. The molecular weight excluding hydrogens is 234 g/mol. The predicted molar refractivity (Wildman–Crippen MR) is 69.2 cm³/mol. The van der Waals surface area contributed by atoms with Gasteiger partial charge in [0, 0.05) is 6.04 Å². The second-order valence-corrected chi connectivity index (χ2v) is 4.27. The van der Waals surface area contributed by atoms with E-state index in [1.165, 1.54) is 14.2 Å². The number of nitrogens with zero attached hydrogens (tertiary/aromatic N) is 4. The van der Waals surface area contributed by atoms with Gasteiger partial charge in [-0.15, -0.1) is 4.98 Å². The first-order valence-electron chi connectivity index (χ1n) is 5.80. The summed E-state index contributed by atoms with van der Waals surface area (Å²) in [4.78, 5) is 14.3. The third-order valence-corrected chi connectivity index (χ3v) is 2.34. The largest absolute Gasteiger partial charge is 0.467 e. The number of anilines is 1. The van der Waals surface area contributed by atoms with Gasteiger partial charge in [-0.1, -0.05) is 0 Å². The number of methoxy groups -OCH3 is 2. The monoisotopic (exact) mass is 255 g/mol. The number of nitrogens with one attached hydrogen (secondary N) is 1. The quantitative estimate of drug-likeness (QED) is 0.766. The summed E-state index contributed by atoms with van der Waals surface area (Å²) < 4.78 is 9.97. The van der Waals surface area contributed by atoms with Crippen molar-refractivity contribution in [3.05, 3.63) is 0 Å². The first-order chi connectivity index (χ1) is 8.55. The van der Waals surface area contributed by atoms with Gasteiger partial charge in [0.2, 0.25) is 5.95 Å². The van der Waals surface area contributed by atoms with Gasteiger partial charge in [0.1, 0.15) is 0 Å². The Morgan fingerprint density at radius 3 is 2.11 bits per heavy atom. The molecule has 1 heterocycles. The average molecular weight is 255 g/mol. The number of hydrogen-bond acceptors (Lipinski definition) is 7. The number of ether oxygens (including phenoxy) is 2. The van der Waals surface area contributed by atoms with Crippen LogP contribution in [0.2, 0.25) is 0 Å². The molecule has 7 nitrogen and oxygen atoms in total. The molecule has 1 rings (SSSR count). The van der Waals surface area contributed by atoms with Gasteiger partial charge in [0.25, 0.3) is 0 Å². The molecule has 18 heavy (non-hydrogen) atoms. The number of rotatable bonds is 7. The summed E-state index contributed by atoms with van der Waals surface area (Å²) >= 11 is 0. The van der Waals surface area contributed by atoms with Crippen molar-refractivity contribution in [2.24, 2.45) is 0 Å². The molecule has 0 fully saturated rings. The minimum Gasteiger partial charge on any atom is -0.467 e. The van der Waals surface area contributed by atoms with Gasteiger partial charge in [0.05, 0.1) is 14.2 Å². The van der Waals surface area contributed by atoms with Gasteiger partial charge in [-0.2, -0.15) is 9.97 Å². The summed E-state index contributed by atoms with van der Waals surface area (Å²) in [6.45, 7) is 3.07. The van der Waals surface area contributed by atoms with E-state index >= 15 is 0 Å². The van der Waals surface area contributed by atoms with E-state index in [4.69, 9.17) is 9.47 Å². The highest BCUT2D eigenvalue weighted by Crippen LogP contribution is 2.13. The molecule has 0 saturated carbocycles. The lowest BCUT2D eigenvalue weighted by Gasteiger charge is -2.16. The van der Waals surface area contributed by atoms with Crippen LogP contribution in [0.15, 0.2) is 0 Å². The Balaban J connectivity index is 2.65. The zero-order valence-electron chi connectivity index (χ0n) is 11.6. The summed E-state index contributed by atoms with van der Waals surface area (Å²) in [5.41, 5.74) is 0. The maximum atomic E-state index is 4.99. The fraction of sp³-hybridized carbons (Fsp3) is 0.727. The Kier molecular flexibility index (Phi) is 5.57. The van der Waals surface area contributed by atoms with Gasteiger partial charge in [-0.05, 0) is 34.0 Å².